The van der Waals surface area contributed by atoms with Crippen molar-refractivity contribution < 1.29 is 4.79 Å². The number of carbonyl (C=O) groups excluding carboxylic acids is 1. The van der Waals surface area contributed by atoms with E-state index in [9.17, 15) is 4.79 Å². The van der Waals surface area contributed by atoms with Crippen molar-refractivity contribution >= 4 is 5.91 Å². The van der Waals surface area contributed by atoms with E-state index < -0.39 is 0 Å². The topological polar surface area (TPSA) is 23.6 Å². The van der Waals surface area contributed by atoms with Crippen molar-refractivity contribution in [1.29, 1.82) is 0 Å². The van der Waals surface area contributed by atoms with Gasteiger partial charge < -0.3 is 4.90 Å². The molecule has 3 heteroatoms. The molecule has 2 aliphatic rings. The molecule has 1 saturated heterocycles. The van der Waals surface area contributed by atoms with Crippen molar-refractivity contribution in [2.24, 2.45) is 5.92 Å². The predicted octanol–water partition coefficient (Wildman–Crippen LogP) is 2.51. The number of piperazine rings is 1. The van der Waals surface area contributed by atoms with Crippen molar-refractivity contribution in [2.75, 3.05) is 26.2 Å². The highest BCUT2D eigenvalue weighted by atomic mass is 16.2. The Balaban J connectivity index is 1.78. The van der Waals surface area contributed by atoms with Crippen LogP contribution < -0.4 is 0 Å². The molecule has 0 aromatic carbocycles. The molecule has 0 unspecified atom stereocenters. The second-order valence-electron chi connectivity index (χ2n) is 5.96. The van der Waals surface area contributed by atoms with Gasteiger partial charge in [0.1, 0.15) is 0 Å². The normalized spacial score (nSPS) is 25.1. The van der Waals surface area contributed by atoms with E-state index in [0.717, 1.165) is 38.6 Å². The van der Waals surface area contributed by atoms with Crippen molar-refractivity contribution in [3.05, 3.63) is 0 Å². The van der Waals surface area contributed by atoms with Gasteiger partial charge in [-0.25, -0.2) is 0 Å². The number of rotatable bonds is 3. The molecule has 1 aliphatic heterocycles. The molecule has 1 amide bonds. The summed E-state index contributed by atoms with van der Waals surface area (Å²) in [6, 6.07) is 0.805. The Morgan fingerprint density at radius 1 is 1.11 bits per heavy atom. The molecule has 0 radical (unpaired) electrons. The van der Waals surface area contributed by atoms with Gasteiger partial charge in [-0.15, -0.1) is 0 Å². The summed E-state index contributed by atoms with van der Waals surface area (Å²) in [5.74, 6) is 0.562. The number of carbonyl (C=O) groups is 1. The minimum Gasteiger partial charge on any atom is -0.340 e. The van der Waals surface area contributed by atoms with Crippen molar-refractivity contribution in [3.63, 3.8) is 0 Å². The van der Waals surface area contributed by atoms with Crippen LogP contribution >= 0.6 is 0 Å². The Bertz CT molecular complexity index is 266. The summed E-state index contributed by atoms with van der Waals surface area (Å²) in [7, 11) is 0. The minimum absolute atomic E-state index is 0.200. The third kappa shape index (κ3) is 3.25. The molecule has 2 fully saturated rings. The summed E-state index contributed by atoms with van der Waals surface area (Å²) in [6.45, 7) is 8.22. The van der Waals surface area contributed by atoms with E-state index >= 15 is 0 Å². The zero-order valence-electron chi connectivity index (χ0n) is 12.0. The van der Waals surface area contributed by atoms with Crippen molar-refractivity contribution in [3.8, 4) is 0 Å². The fourth-order valence-corrected chi connectivity index (χ4v) is 3.24. The lowest BCUT2D eigenvalue weighted by atomic mass is 9.93. The molecule has 104 valence electrons. The number of hydrogen-bond donors (Lipinski definition) is 0. The van der Waals surface area contributed by atoms with Crippen LogP contribution in [-0.2, 0) is 4.79 Å². The van der Waals surface area contributed by atoms with Gasteiger partial charge in [-0.1, -0.05) is 33.1 Å². The van der Waals surface area contributed by atoms with E-state index in [2.05, 4.69) is 23.6 Å². The monoisotopic (exact) mass is 252 g/mol. The van der Waals surface area contributed by atoms with Crippen LogP contribution in [0.2, 0.25) is 0 Å². The van der Waals surface area contributed by atoms with E-state index in [-0.39, 0.29) is 5.92 Å². The number of nitrogens with zero attached hydrogens (tertiary/aromatic N) is 2. The summed E-state index contributed by atoms with van der Waals surface area (Å²) in [5, 5.41) is 0. The molecule has 1 heterocycles. The summed E-state index contributed by atoms with van der Waals surface area (Å²) < 4.78 is 0. The molecule has 1 aliphatic carbocycles. The van der Waals surface area contributed by atoms with Gasteiger partial charge >= 0.3 is 0 Å². The highest BCUT2D eigenvalue weighted by molar-refractivity contribution is 5.78. The second kappa shape index (κ2) is 6.55. The molecule has 2 rings (SSSR count). The van der Waals surface area contributed by atoms with Crippen LogP contribution in [0.1, 0.15) is 52.4 Å². The second-order valence-corrected chi connectivity index (χ2v) is 5.96. The summed E-state index contributed by atoms with van der Waals surface area (Å²) >= 11 is 0. The van der Waals surface area contributed by atoms with Crippen LogP contribution in [0.3, 0.4) is 0 Å². The van der Waals surface area contributed by atoms with Gasteiger partial charge in [0, 0.05) is 38.1 Å². The predicted molar refractivity (Wildman–Crippen MR) is 74.5 cm³/mol. The third-order valence-corrected chi connectivity index (χ3v) is 4.75. The standard InChI is InChI=1S/C15H28N2O/c1-3-13(2)15(18)17-11-9-16(10-12-17)14-7-5-4-6-8-14/h13-14H,3-12H2,1-2H3/t13-/m1/s1. The van der Waals surface area contributed by atoms with E-state index in [0.29, 0.717) is 5.91 Å². The van der Waals surface area contributed by atoms with Crippen LogP contribution in [0.25, 0.3) is 0 Å². The highest BCUT2D eigenvalue weighted by Gasteiger charge is 2.28. The molecular weight excluding hydrogens is 224 g/mol. The van der Waals surface area contributed by atoms with Crippen molar-refractivity contribution in [2.45, 2.75) is 58.4 Å². The molecule has 0 aromatic heterocycles. The maximum absolute atomic E-state index is 12.1. The first-order chi connectivity index (χ1) is 8.72. The molecular formula is C15H28N2O. The van der Waals surface area contributed by atoms with Crippen LogP contribution in [0.5, 0.6) is 0 Å². The molecule has 0 N–H and O–H groups in total. The summed E-state index contributed by atoms with van der Waals surface area (Å²) in [5.41, 5.74) is 0. The Morgan fingerprint density at radius 3 is 2.28 bits per heavy atom. The van der Waals surface area contributed by atoms with Crippen molar-refractivity contribution in [1.82, 2.24) is 9.80 Å². The third-order valence-electron chi connectivity index (χ3n) is 4.75. The maximum Gasteiger partial charge on any atom is 0.225 e. The van der Waals surface area contributed by atoms with Crippen LogP contribution in [0.4, 0.5) is 0 Å². The van der Waals surface area contributed by atoms with Crippen LogP contribution in [0, 0.1) is 5.92 Å². The molecule has 3 nitrogen and oxygen atoms in total. The Kier molecular flexibility index (Phi) is 5.04. The van der Waals surface area contributed by atoms with Crippen LogP contribution in [0.15, 0.2) is 0 Å². The first kappa shape index (κ1) is 13.9. The first-order valence-corrected chi connectivity index (χ1v) is 7.75. The number of amides is 1. The van der Waals surface area contributed by atoms with Gasteiger partial charge in [0.15, 0.2) is 0 Å². The fourth-order valence-electron chi connectivity index (χ4n) is 3.24. The first-order valence-electron chi connectivity index (χ1n) is 7.75. The lowest BCUT2D eigenvalue weighted by Gasteiger charge is -2.41. The quantitative estimate of drug-likeness (QED) is 0.770. The molecule has 1 atom stereocenters. The molecule has 0 aromatic rings. The van der Waals surface area contributed by atoms with Gasteiger partial charge in [-0.05, 0) is 19.3 Å². The summed E-state index contributed by atoms with van der Waals surface area (Å²) in [4.78, 5) is 16.8. The Hall–Kier alpha value is -0.570. The lowest BCUT2D eigenvalue weighted by molar-refractivity contribution is -0.137. The lowest BCUT2D eigenvalue weighted by Crippen LogP contribution is -2.53. The average molecular weight is 252 g/mol. The largest absolute Gasteiger partial charge is 0.340 e. The maximum atomic E-state index is 12.1. The molecule has 1 saturated carbocycles. The number of hydrogen-bond acceptors (Lipinski definition) is 2. The molecule has 0 bridgehead atoms. The van der Waals surface area contributed by atoms with E-state index in [1.807, 2.05) is 0 Å². The smallest absolute Gasteiger partial charge is 0.225 e. The zero-order chi connectivity index (χ0) is 13.0. The average Bonchev–Trinajstić information content (AvgIpc) is 2.47. The zero-order valence-corrected chi connectivity index (χ0v) is 12.0. The van der Waals surface area contributed by atoms with Gasteiger partial charge in [-0.3, -0.25) is 9.69 Å². The van der Waals surface area contributed by atoms with Gasteiger partial charge in [0.05, 0.1) is 0 Å². The van der Waals surface area contributed by atoms with E-state index in [4.69, 9.17) is 0 Å². The van der Waals surface area contributed by atoms with Gasteiger partial charge in [0.2, 0.25) is 5.91 Å². The summed E-state index contributed by atoms with van der Waals surface area (Å²) in [6.07, 6.45) is 7.93. The fraction of sp³-hybridized carbons (Fsp3) is 0.933. The van der Waals surface area contributed by atoms with Gasteiger partial charge in [-0.2, -0.15) is 0 Å². The van der Waals surface area contributed by atoms with Crippen LogP contribution in [-0.4, -0.2) is 47.9 Å². The Morgan fingerprint density at radius 2 is 1.72 bits per heavy atom. The van der Waals surface area contributed by atoms with E-state index in [1.54, 1.807) is 0 Å². The van der Waals surface area contributed by atoms with Gasteiger partial charge in [0.25, 0.3) is 0 Å². The minimum atomic E-state index is 0.200. The van der Waals surface area contributed by atoms with E-state index in [1.165, 1.54) is 32.1 Å². The Labute approximate surface area is 112 Å². The molecule has 18 heavy (non-hydrogen) atoms. The molecule has 0 spiro atoms. The SMILES string of the molecule is CC[C@@H](C)C(=O)N1CCN(C2CCCCC2)CC1. The highest BCUT2D eigenvalue weighted by Crippen LogP contribution is 2.23.